The molecule has 0 radical (unpaired) electrons. The predicted octanol–water partition coefficient (Wildman–Crippen LogP) is 1.79. The summed E-state index contributed by atoms with van der Waals surface area (Å²) in [5.74, 6) is -2.06. The summed E-state index contributed by atoms with van der Waals surface area (Å²) in [7, 11) is 0. The number of thiophene rings is 1. The number of hydrogen-bond donors (Lipinski definition) is 1. The molecule has 136 valence electrons. The molecule has 1 aliphatic rings. The molecular weight excluding hydrogens is 348 g/mol. The highest BCUT2D eigenvalue weighted by Crippen LogP contribution is 2.16. The van der Waals surface area contributed by atoms with Gasteiger partial charge in [0.05, 0.1) is 0 Å². The zero-order valence-corrected chi connectivity index (χ0v) is 15.1. The lowest BCUT2D eigenvalue weighted by molar-refractivity contribution is -0.198. The van der Waals surface area contributed by atoms with Crippen LogP contribution in [0.15, 0.2) is 17.5 Å². The summed E-state index contributed by atoms with van der Waals surface area (Å²) in [6.07, 6.45) is -0.626. The van der Waals surface area contributed by atoms with E-state index in [9.17, 15) is 19.2 Å². The molecule has 0 saturated carbocycles. The van der Waals surface area contributed by atoms with Crippen LogP contribution < -0.4 is 5.32 Å². The maximum atomic E-state index is 12.4. The number of rotatable bonds is 5. The van der Waals surface area contributed by atoms with E-state index in [0.717, 1.165) is 4.88 Å². The van der Waals surface area contributed by atoms with Crippen molar-refractivity contribution in [2.24, 2.45) is 0 Å². The molecule has 1 aliphatic heterocycles. The molecule has 9 heteroatoms. The predicted molar refractivity (Wildman–Crippen MR) is 88.4 cm³/mol. The molecule has 0 aromatic carbocycles. The fourth-order valence-electron chi connectivity index (χ4n) is 2.08. The van der Waals surface area contributed by atoms with Gasteiger partial charge in [-0.25, -0.2) is 9.59 Å². The normalized spacial score (nSPS) is 15.9. The standard InChI is InChI=1S/C16H20N2O6S/c1-16(2,3)23-15(22)17-11(9-10-5-4-8-25-10)14(21)24-18-12(19)6-7-13(18)20/h4-5,8,11H,6-7,9H2,1-3H3,(H,17,22)/t11-/m0/s1. The van der Waals surface area contributed by atoms with Crippen molar-refractivity contribution in [3.63, 3.8) is 0 Å². The third-order valence-electron chi connectivity index (χ3n) is 3.15. The Bertz CT molecular complexity index is 649. The highest BCUT2D eigenvalue weighted by molar-refractivity contribution is 7.09. The summed E-state index contributed by atoms with van der Waals surface area (Å²) in [5.41, 5.74) is -0.734. The minimum Gasteiger partial charge on any atom is -0.444 e. The van der Waals surface area contributed by atoms with Crippen molar-refractivity contribution < 1.29 is 28.8 Å². The number of ether oxygens (including phenoxy) is 1. The van der Waals surface area contributed by atoms with Gasteiger partial charge in [0.25, 0.3) is 11.8 Å². The fourth-order valence-corrected chi connectivity index (χ4v) is 2.84. The molecule has 1 saturated heterocycles. The monoisotopic (exact) mass is 368 g/mol. The summed E-state index contributed by atoms with van der Waals surface area (Å²) in [4.78, 5) is 53.3. The van der Waals surface area contributed by atoms with Crippen molar-refractivity contribution in [1.82, 2.24) is 10.4 Å². The molecule has 1 aromatic heterocycles. The average molecular weight is 368 g/mol. The van der Waals surface area contributed by atoms with Crippen LogP contribution in [0.25, 0.3) is 0 Å². The summed E-state index contributed by atoms with van der Waals surface area (Å²) in [6, 6.07) is 2.52. The van der Waals surface area contributed by atoms with Gasteiger partial charge in [0.1, 0.15) is 11.6 Å². The Kier molecular flexibility index (Phi) is 5.78. The van der Waals surface area contributed by atoms with E-state index in [-0.39, 0.29) is 19.3 Å². The van der Waals surface area contributed by atoms with E-state index in [1.165, 1.54) is 11.3 Å². The molecule has 2 rings (SSSR count). The number of imide groups is 1. The Hall–Kier alpha value is -2.42. The molecule has 0 spiro atoms. The number of amides is 3. The van der Waals surface area contributed by atoms with Gasteiger partial charge in [-0.1, -0.05) is 6.07 Å². The van der Waals surface area contributed by atoms with E-state index in [2.05, 4.69) is 5.32 Å². The smallest absolute Gasteiger partial charge is 0.408 e. The first kappa shape index (κ1) is 18.9. The van der Waals surface area contributed by atoms with E-state index in [1.54, 1.807) is 26.8 Å². The maximum absolute atomic E-state index is 12.4. The van der Waals surface area contributed by atoms with Crippen molar-refractivity contribution in [1.29, 1.82) is 0 Å². The van der Waals surface area contributed by atoms with E-state index in [4.69, 9.17) is 9.57 Å². The summed E-state index contributed by atoms with van der Waals surface area (Å²) >= 11 is 1.41. The van der Waals surface area contributed by atoms with Crippen molar-refractivity contribution >= 4 is 35.2 Å². The molecule has 25 heavy (non-hydrogen) atoms. The van der Waals surface area contributed by atoms with Crippen LogP contribution in [0.5, 0.6) is 0 Å². The quantitative estimate of drug-likeness (QED) is 0.795. The van der Waals surface area contributed by atoms with E-state index < -0.39 is 35.5 Å². The molecule has 8 nitrogen and oxygen atoms in total. The minimum absolute atomic E-state index is 0.00119. The molecule has 0 unspecified atom stereocenters. The number of carbonyl (C=O) groups is 4. The first-order valence-electron chi connectivity index (χ1n) is 7.75. The van der Waals surface area contributed by atoms with Crippen LogP contribution in [-0.4, -0.2) is 40.6 Å². The average Bonchev–Trinajstić information content (AvgIpc) is 3.09. The lowest BCUT2D eigenvalue weighted by Crippen LogP contribution is -2.47. The second kappa shape index (κ2) is 7.64. The van der Waals surface area contributed by atoms with Gasteiger partial charge in [0.15, 0.2) is 0 Å². The van der Waals surface area contributed by atoms with Gasteiger partial charge < -0.3 is 14.9 Å². The molecule has 2 heterocycles. The number of carbonyl (C=O) groups excluding carboxylic acids is 4. The van der Waals surface area contributed by atoms with Crippen LogP contribution in [0.1, 0.15) is 38.5 Å². The molecular formula is C16H20N2O6S. The summed E-state index contributed by atoms with van der Waals surface area (Å²) in [5, 5.41) is 4.73. The van der Waals surface area contributed by atoms with Crippen LogP contribution in [0, 0.1) is 0 Å². The van der Waals surface area contributed by atoms with Crippen molar-refractivity contribution in [2.75, 3.05) is 0 Å². The molecule has 0 aliphatic carbocycles. The van der Waals surface area contributed by atoms with Gasteiger partial charge in [-0.15, -0.1) is 16.4 Å². The first-order valence-corrected chi connectivity index (χ1v) is 8.63. The Labute approximate surface area is 149 Å². The highest BCUT2D eigenvalue weighted by Gasteiger charge is 2.36. The topological polar surface area (TPSA) is 102 Å². The van der Waals surface area contributed by atoms with Gasteiger partial charge in [-0.3, -0.25) is 9.59 Å². The molecule has 1 fully saturated rings. The second-order valence-corrected chi connectivity index (χ2v) is 7.51. The third kappa shape index (κ3) is 5.56. The van der Waals surface area contributed by atoms with Crippen LogP contribution in [-0.2, 0) is 30.4 Å². The van der Waals surface area contributed by atoms with E-state index >= 15 is 0 Å². The van der Waals surface area contributed by atoms with Gasteiger partial charge in [0.2, 0.25) is 0 Å². The van der Waals surface area contributed by atoms with Crippen molar-refractivity contribution in [2.45, 2.75) is 51.7 Å². The van der Waals surface area contributed by atoms with Crippen molar-refractivity contribution in [3.8, 4) is 0 Å². The van der Waals surface area contributed by atoms with Gasteiger partial charge in [-0.2, -0.15) is 0 Å². The second-order valence-electron chi connectivity index (χ2n) is 6.47. The number of hydrogen-bond acceptors (Lipinski definition) is 7. The van der Waals surface area contributed by atoms with Gasteiger partial charge >= 0.3 is 12.1 Å². The molecule has 1 aromatic rings. The third-order valence-corrected chi connectivity index (χ3v) is 4.05. The number of hydroxylamine groups is 2. The number of nitrogens with zero attached hydrogens (tertiary/aromatic N) is 1. The van der Waals surface area contributed by atoms with E-state index in [0.29, 0.717) is 5.06 Å². The first-order chi connectivity index (χ1) is 11.7. The van der Waals surface area contributed by atoms with Crippen molar-refractivity contribution in [3.05, 3.63) is 22.4 Å². The SMILES string of the molecule is CC(C)(C)OC(=O)N[C@@H](Cc1cccs1)C(=O)ON1C(=O)CCC1=O. The number of alkyl carbamates (subject to hydrolysis) is 1. The Balaban J connectivity index is 2.07. The summed E-state index contributed by atoms with van der Waals surface area (Å²) < 4.78 is 5.15. The maximum Gasteiger partial charge on any atom is 0.408 e. The largest absolute Gasteiger partial charge is 0.444 e. The Morgan fingerprint density at radius 2 is 1.92 bits per heavy atom. The van der Waals surface area contributed by atoms with Gasteiger partial charge in [0, 0.05) is 24.1 Å². The van der Waals surface area contributed by atoms with Gasteiger partial charge in [-0.05, 0) is 32.2 Å². The van der Waals surface area contributed by atoms with E-state index in [1.807, 2.05) is 11.4 Å². The zero-order valence-electron chi connectivity index (χ0n) is 14.2. The number of nitrogens with one attached hydrogen (secondary N) is 1. The lowest BCUT2D eigenvalue weighted by Gasteiger charge is -2.23. The molecule has 0 bridgehead atoms. The molecule has 3 amide bonds. The van der Waals surface area contributed by atoms with Crippen LogP contribution in [0.2, 0.25) is 0 Å². The minimum atomic E-state index is -1.09. The highest BCUT2D eigenvalue weighted by atomic mass is 32.1. The Morgan fingerprint density at radius 1 is 1.28 bits per heavy atom. The zero-order chi connectivity index (χ0) is 18.6. The van der Waals surface area contributed by atoms with Crippen LogP contribution >= 0.6 is 11.3 Å². The molecule has 1 N–H and O–H groups in total. The Morgan fingerprint density at radius 3 is 2.44 bits per heavy atom. The van der Waals surface area contributed by atoms with Crippen LogP contribution in [0.4, 0.5) is 4.79 Å². The summed E-state index contributed by atoms with van der Waals surface area (Å²) in [6.45, 7) is 5.09. The lowest BCUT2D eigenvalue weighted by atomic mass is 10.2. The molecule has 1 atom stereocenters. The van der Waals surface area contributed by atoms with Crippen LogP contribution in [0.3, 0.4) is 0 Å². The fraction of sp³-hybridized carbons (Fsp3) is 0.500.